The number of rotatable bonds is 4. The van der Waals surface area contributed by atoms with Gasteiger partial charge in [-0.2, -0.15) is 0 Å². The maximum absolute atomic E-state index is 10.7. The molecule has 0 aliphatic rings. The van der Waals surface area contributed by atoms with Gasteiger partial charge in [0.1, 0.15) is 5.75 Å². The first kappa shape index (κ1) is 10.3. The van der Waals surface area contributed by atoms with Crippen LogP contribution in [0.15, 0.2) is 42.2 Å². The maximum Gasteiger partial charge on any atom is 0.371 e. The molecule has 0 atom stereocenters. The molecule has 0 heterocycles. The standard InChI is InChI=1S/C11H12O3/c1-2-6-10(11(12)13)14-9-7-4-3-5-8-9/h3-8H,2H2,1H3,(H,12,13)/b10-6-. The third-order valence-corrected chi connectivity index (χ3v) is 1.57. The Morgan fingerprint density at radius 2 is 2.07 bits per heavy atom. The third kappa shape index (κ3) is 2.94. The van der Waals surface area contributed by atoms with E-state index in [0.717, 1.165) is 0 Å². The van der Waals surface area contributed by atoms with E-state index in [1.807, 2.05) is 13.0 Å². The van der Waals surface area contributed by atoms with Gasteiger partial charge in [0.05, 0.1) is 0 Å². The molecule has 74 valence electrons. The Bertz CT molecular complexity index is 328. The van der Waals surface area contributed by atoms with Crippen molar-refractivity contribution in [3.05, 3.63) is 42.2 Å². The molecule has 0 fully saturated rings. The highest BCUT2D eigenvalue weighted by Crippen LogP contribution is 2.13. The smallest absolute Gasteiger partial charge is 0.371 e. The first-order chi connectivity index (χ1) is 6.74. The minimum Gasteiger partial charge on any atom is -0.475 e. The van der Waals surface area contributed by atoms with Gasteiger partial charge in [0.2, 0.25) is 5.76 Å². The van der Waals surface area contributed by atoms with Gasteiger partial charge >= 0.3 is 5.97 Å². The summed E-state index contributed by atoms with van der Waals surface area (Å²) in [4.78, 5) is 10.7. The largest absolute Gasteiger partial charge is 0.475 e. The van der Waals surface area contributed by atoms with Gasteiger partial charge in [0.25, 0.3) is 0 Å². The van der Waals surface area contributed by atoms with E-state index in [1.54, 1.807) is 24.3 Å². The van der Waals surface area contributed by atoms with Crippen molar-refractivity contribution in [2.45, 2.75) is 13.3 Å². The molecular weight excluding hydrogens is 180 g/mol. The van der Waals surface area contributed by atoms with E-state index in [1.165, 1.54) is 6.08 Å². The lowest BCUT2D eigenvalue weighted by Crippen LogP contribution is -2.07. The van der Waals surface area contributed by atoms with E-state index in [9.17, 15) is 4.79 Å². The second-order valence-electron chi connectivity index (χ2n) is 2.70. The summed E-state index contributed by atoms with van der Waals surface area (Å²) in [5.74, 6) is -0.538. The van der Waals surface area contributed by atoms with Crippen molar-refractivity contribution in [2.24, 2.45) is 0 Å². The molecular formula is C11H12O3. The van der Waals surface area contributed by atoms with E-state index < -0.39 is 5.97 Å². The fourth-order valence-electron chi connectivity index (χ4n) is 0.974. The molecule has 0 radical (unpaired) electrons. The van der Waals surface area contributed by atoms with E-state index in [0.29, 0.717) is 12.2 Å². The third-order valence-electron chi connectivity index (χ3n) is 1.57. The van der Waals surface area contributed by atoms with Crippen LogP contribution in [-0.4, -0.2) is 11.1 Å². The summed E-state index contributed by atoms with van der Waals surface area (Å²) in [7, 11) is 0. The summed E-state index contributed by atoms with van der Waals surface area (Å²) in [6.07, 6.45) is 2.17. The van der Waals surface area contributed by atoms with Crippen LogP contribution >= 0.6 is 0 Å². The zero-order valence-corrected chi connectivity index (χ0v) is 7.93. The number of benzene rings is 1. The number of para-hydroxylation sites is 1. The molecule has 0 amide bonds. The van der Waals surface area contributed by atoms with Crippen molar-refractivity contribution in [1.82, 2.24) is 0 Å². The Balaban J connectivity index is 2.76. The van der Waals surface area contributed by atoms with Gasteiger partial charge in [-0.25, -0.2) is 4.79 Å². The molecule has 0 aromatic heterocycles. The van der Waals surface area contributed by atoms with Crippen LogP contribution in [0.25, 0.3) is 0 Å². The SMILES string of the molecule is CC/C=C(\Oc1ccccc1)C(=O)O. The van der Waals surface area contributed by atoms with Crippen molar-refractivity contribution in [3.63, 3.8) is 0 Å². The normalized spacial score (nSPS) is 11.1. The lowest BCUT2D eigenvalue weighted by molar-refractivity contribution is -0.135. The second-order valence-corrected chi connectivity index (χ2v) is 2.70. The molecule has 0 bridgehead atoms. The lowest BCUT2D eigenvalue weighted by atomic mass is 10.3. The molecule has 0 saturated carbocycles. The highest BCUT2D eigenvalue weighted by Gasteiger charge is 2.08. The zero-order valence-electron chi connectivity index (χ0n) is 7.93. The first-order valence-corrected chi connectivity index (χ1v) is 4.40. The molecule has 0 unspecified atom stereocenters. The van der Waals surface area contributed by atoms with E-state index in [4.69, 9.17) is 9.84 Å². The fraction of sp³-hybridized carbons (Fsp3) is 0.182. The predicted molar refractivity (Wildman–Crippen MR) is 53.1 cm³/mol. The summed E-state index contributed by atoms with van der Waals surface area (Å²) >= 11 is 0. The minimum atomic E-state index is -1.05. The molecule has 1 aromatic carbocycles. The lowest BCUT2D eigenvalue weighted by Gasteiger charge is -2.04. The van der Waals surface area contributed by atoms with Crippen LogP contribution < -0.4 is 4.74 Å². The minimum absolute atomic E-state index is 0.0290. The Labute approximate surface area is 82.6 Å². The molecule has 1 rings (SSSR count). The number of carboxylic acid groups (broad SMARTS) is 1. The van der Waals surface area contributed by atoms with Crippen molar-refractivity contribution < 1.29 is 14.6 Å². The number of hydrogen-bond donors (Lipinski definition) is 1. The van der Waals surface area contributed by atoms with Crippen LogP contribution in [0.3, 0.4) is 0 Å². The number of allylic oxidation sites excluding steroid dienone is 1. The van der Waals surface area contributed by atoms with Crippen LogP contribution in [0.5, 0.6) is 5.75 Å². The number of carboxylic acids is 1. The van der Waals surface area contributed by atoms with Gasteiger partial charge in [-0.1, -0.05) is 25.1 Å². The molecule has 14 heavy (non-hydrogen) atoms. The van der Waals surface area contributed by atoms with Gasteiger partial charge in [-0.05, 0) is 24.6 Å². The van der Waals surface area contributed by atoms with Crippen LogP contribution in [-0.2, 0) is 4.79 Å². The Morgan fingerprint density at radius 3 is 2.57 bits per heavy atom. The molecule has 0 spiro atoms. The average Bonchev–Trinajstić information content (AvgIpc) is 2.18. The molecule has 1 N–H and O–H groups in total. The summed E-state index contributed by atoms with van der Waals surface area (Å²) in [5, 5.41) is 8.77. The summed E-state index contributed by atoms with van der Waals surface area (Å²) in [6.45, 7) is 1.86. The molecule has 3 nitrogen and oxygen atoms in total. The van der Waals surface area contributed by atoms with Gasteiger partial charge in [0, 0.05) is 0 Å². The van der Waals surface area contributed by atoms with Crippen LogP contribution in [0.1, 0.15) is 13.3 Å². The monoisotopic (exact) mass is 192 g/mol. The van der Waals surface area contributed by atoms with Gasteiger partial charge in [-0.15, -0.1) is 0 Å². The van der Waals surface area contributed by atoms with Gasteiger partial charge in [0.15, 0.2) is 0 Å². The molecule has 0 aliphatic heterocycles. The second kappa shape index (κ2) is 5.07. The average molecular weight is 192 g/mol. The first-order valence-electron chi connectivity index (χ1n) is 4.40. The Morgan fingerprint density at radius 1 is 1.43 bits per heavy atom. The molecule has 3 heteroatoms. The van der Waals surface area contributed by atoms with Crippen molar-refractivity contribution >= 4 is 5.97 Å². The van der Waals surface area contributed by atoms with E-state index in [-0.39, 0.29) is 5.76 Å². The summed E-state index contributed by atoms with van der Waals surface area (Å²) in [6, 6.07) is 8.86. The summed E-state index contributed by atoms with van der Waals surface area (Å²) in [5.41, 5.74) is 0. The topological polar surface area (TPSA) is 46.5 Å². The van der Waals surface area contributed by atoms with Crippen molar-refractivity contribution in [3.8, 4) is 5.75 Å². The molecule has 0 aliphatic carbocycles. The number of ether oxygens (including phenoxy) is 1. The Hall–Kier alpha value is -1.77. The number of carbonyl (C=O) groups is 1. The Kier molecular flexibility index (Phi) is 3.73. The zero-order chi connectivity index (χ0) is 10.4. The summed E-state index contributed by atoms with van der Waals surface area (Å²) < 4.78 is 5.18. The van der Waals surface area contributed by atoms with Crippen LogP contribution in [0.4, 0.5) is 0 Å². The van der Waals surface area contributed by atoms with Gasteiger partial charge < -0.3 is 9.84 Å². The molecule has 0 saturated heterocycles. The fourth-order valence-corrected chi connectivity index (χ4v) is 0.974. The van der Waals surface area contributed by atoms with E-state index in [2.05, 4.69) is 0 Å². The predicted octanol–water partition coefficient (Wildman–Crippen LogP) is 2.44. The van der Waals surface area contributed by atoms with Crippen molar-refractivity contribution in [2.75, 3.05) is 0 Å². The van der Waals surface area contributed by atoms with Gasteiger partial charge in [-0.3, -0.25) is 0 Å². The van der Waals surface area contributed by atoms with Crippen LogP contribution in [0.2, 0.25) is 0 Å². The number of aliphatic carboxylic acids is 1. The maximum atomic E-state index is 10.7. The van der Waals surface area contributed by atoms with E-state index >= 15 is 0 Å². The molecule has 1 aromatic rings. The number of hydrogen-bond acceptors (Lipinski definition) is 2. The highest BCUT2D eigenvalue weighted by molar-refractivity contribution is 5.84. The van der Waals surface area contributed by atoms with Crippen molar-refractivity contribution in [1.29, 1.82) is 0 Å². The van der Waals surface area contributed by atoms with Crippen LogP contribution in [0, 0.1) is 0 Å². The highest BCUT2D eigenvalue weighted by atomic mass is 16.5. The quantitative estimate of drug-likeness (QED) is 0.588.